The van der Waals surface area contributed by atoms with E-state index in [1.807, 2.05) is 25.1 Å². The number of hydrogen-bond acceptors (Lipinski definition) is 4. The zero-order chi connectivity index (χ0) is 14.7. The topological polar surface area (TPSA) is 69.2 Å². The highest BCUT2D eigenvalue weighted by Gasteiger charge is 2.14. The summed E-state index contributed by atoms with van der Waals surface area (Å²) < 4.78 is 0. The van der Waals surface area contributed by atoms with E-state index in [0.717, 1.165) is 16.1 Å². The van der Waals surface area contributed by atoms with Gasteiger partial charge in [-0.1, -0.05) is 17.7 Å². The number of nitrogens with two attached hydrogens (primary N) is 1. The van der Waals surface area contributed by atoms with Gasteiger partial charge in [0.2, 0.25) is 0 Å². The van der Waals surface area contributed by atoms with Crippen molar-refractivity contribution in [2.75, 3.05) is 5.73 Å². The molecule has 6 heteroatoms. The molecule has 0 aliphatic rings. The number of nitrogen functional groups attached to an aromatic ring is 1. The number of nitro benzene ring substituents is 1. The number of nitro groups is 1. The van der Waals surface area contributed by atoms with Gasteiger partial charge in [-0.05, 0) is 36.8 Å². The number of rotatable bonds is 4. The average molecular weight is 309 g/mol. The van der Waals surface area contributed by atoms with Crippen molar-refractivity contribution >= 4 is 34.7 Å². The molecule has 2 N–H and O–H groups in total. The lowest BCUT2D eigenvalue weighted by Gasteiger charge is -2.08. The normalized spacial score (nSPS) is 10.5. The molecular weight excluding hydrogens is 296 g/mol. The molecule has 0 heterocycles. The minimum absolute atomic E-state index is 0.0865. The van der Waals surface area contributed by atoms with Crippen LogP contribution in [0.25, 0.3) is 0 Å². The first kappa shape index (κ1) is 14.7. The number of halogens is 1. The molecule has 0 amide bonds. The van der Waals surface area contributed by atoms with Crippen LogP contribution in [0, 0.1) is 17.0 Å². The molecule has 0 saturated heterocycles. The molecule has 0 spiro atoms. The molecule has 0 atom stereocenters. The number of hydrogen-bond donors (Lipinski definition) is 1. The summed E-state index contributed by atoms with van der Waals surface area (Å²) in [4.78, 5) is 11.6. The second kappa shape index (κ2) is 6.15. The van der Waals surface area contributed by atoms with Gasteiger partial charge in [0, 0.05) is 33.0 Å². The summed E-state index contributed by atoms with van der Waals surface area (Å²) in [5, 5.41) is 11.5. The van der Waals surface area contributed by atoms with E-state index in [9.17, 15) is 10.1 Å². The molecule has 104 valence electrons. The van der Waals surface area contributed by atoms with E-state index in [-0.39, 0.29) is 5.69 Å². The van der Waals surface area contributed by atoms with Crippen molar-refractivity contribution in [3.05, 3.63) is 62.7 Å². The van der Waals surface area contributed by atoms with Gasteiger partial charge in [0.25, 0.3) is 5.69 Å². The first-order valence-corrected chi connectivity index (χ1v) is 7.26. The molecule has 4 nitrogen and oxygen atoms in total. The van der Waals surface area contributed by atoms with Gasteiger partial charge in [0.15, 0.2) is 0 Å². The first-order chi connectivity index (χ1) is 9.49. The monoisotopic (exact) mass is 308 g/mol. The Hall–Kier alpha value is -1.72. The Labute approximate surface area is 126 Å². The van der Waals surface area contributed by atoms with E-state index in [2.05, 4.69) is 0 Å². The third kappa shape index (κ3) is 3.23. The largest absolute Gasteiger partial charge is 0.398 e. The maximum Gasteiger partial charge on any atom is 0.273 e. The van der Waals surface area contributed by atoms with Gasteiger partial charge in [-0.2, -0.15) is 0 Å². The highest BCUT2D eigenvalue weighted by Crippen LogP contribution is 2.32. The molecule has 2 rings (SSSR count). The molecule has 20 heavy (non-hydrogen) atoms. The standard InChI is InChI=1S/C14H13ClN2O2S/c1-9-12(16)3-2-4-14(9)20-8-10-7-11(15)5-6-13(10)17(18)19/h2-7H,8,16H2,1H3. The molecule has 0 radical (unpaired) electrons. The van der Waals surface area contributed by atoms with Crippen LogP contribution in [0.3, 0.4) is 0 Å². The summed E-state index contributed by atoms with van der Waals surface area (Å²) in [5.41, 5.74) is 8.25. The van der Waals surface area contributed by atoms with Crippen molar-refractivity contribution in [2.24, 2.45) is 0 Å². The quantitative estimate of drug-likeness (QED) is 0.392. The summed E-state index contributed by atoms with van der Waals surface area (Å²) in [5.74, 6) is 0.473. The van der Waals surface area contributed by atoms with Gasteiger partial charge in [-0.25, -0.2) is 0 Å². The predicted molar refractivity (Wildman–Crippen MR) is 83.3 cm³/mol. The van der Waals surface area contributed by atoms with Crippen molar-refractivity contribution in [3.63, 3.8) is 0 Å². The van der Waals surface area contributed by atoms with E-state index in [0.29, 0.717) is 16.3 Å². The number of benzene rings is 2. The third-order valence-electron chi connectivity index (χ3n) is 2.95. The van der Waals surface area contributed by atoms with Crippen molar-refractivity contribution < 1.29 is 4.92 Å². The van der Waals surface area contributed by atoms with Gasteiger partial charge in [-0.3, -0.25) is 10.1 Å². The summed E-state index contributed by atoms with van der Waals surface area (Å²) in [6, 6.07) is 10.3. The smallest absolute Gasteiger partial charge is 0.273 e. The molecule has 0 saturated carbocycles. The lowest BCUT2D eigenvalue weighted by molar-refractivity contribution is -0.385. The minimum Gasteiger partial charge on any atom is -0.398 e. The van der Waals surface area contributed by atoms with E-state index < -0.39 is 4.92 Å². The van der Waals surface area contributed by atoms with Crippen LogP contribution in [0.5, 0.6) is 0 Å². The van der Waals surface area contributed by atoms with Crippen molar-refractivity contribution in [3.8, 4) is 0 Å². The fourth-order valence-corrected chi connectivity index (χ4v) is 3.04. The van der Waals surface area contributed by atoms with E-state index in [1.54, 1.807) is 6.07 Å². The molecule has 0 aromatic heterocycles. The number of nitrogens with zero attached hydrogens (tertiary/aromatic N) is 1. The molecular formula is C14H13ClN2O2S. The van der Waals surface area contributed by atoms with Gasteiger partial charge >= 0.3 is 0 Å². The molecule has 0 fully saturated rings. The molecule has 2 aromatic carbocycles. The van der Waals surface area contributed by atoms with E-state index in [4.69, 9.17) is 17.3 Å². The lowest BCUT2D eigenvalue weighted by atomic mass is 10.2. The van der Waals surface area contributed by atoms with Gasteiger partial charge in [-0.15, -0.1) is 11.8 Å². The lowest BCUT2D eigenvalue weighted by Crippen LogP contribution is -1.95. The molecule has 0 bridgehead atoms. The minimum atomic E-state index is -0.390. The van der Waals surface area contributed by atoms with Gasteiger partial charge in [0.1, 0.15) is 0 Å². The van der Waals surface area contributed by atoms with Gasteiger partial charge in [0.05, 0.1) is 4.92 Å². The van der Waals surface area contributed by atoms with Crippen molar-refractivity contribution in [1.82, 2.24) is 0 Å². The Bertz CT molecular complexity index is 662. The summed E-state index contributed by atoms with van der Waals surface area (Å²) in [6.07, 6.45) is 0. The number of anilines is 1. The Morgan fingerprint density at radius 3 is 2.80 bits per heavy atom. The summed E-state index contributed by atoms with van der Waals surface area (Å²) >= 11 is 7.42. The zero-order valence-electron chi connectivity index (χ0n) is 10.8. The Kier molecular flexibility index (Phi) is 4.52. The molecule has 0 unspecified atom stereocenters. The van der Waals surface area contributed by atoms with Crippen LogP contribution in [0.4, 0.5) is 11.4 Å². The Balaban J connectivity index is 2.24. The average Bonchev–Trinajstić information content (AvgIpc) is 2.40. The zero-order valence-corrected chi connectivity index (χ0v) is 12.4. The maximum atomic E-state index is 11.0. The third-order valence-corrected chi connectivity index (χ3v) is 4.39. The highest BCUT2D eigenvalue weighted by molar-refractivity contribution is 7.98. The van der Waals surface area contributed by atoms with Crippen LogP contribution >= 0.6 is 23.4 Å². The van der Waals surface area contributed by atoms with Crippen molar-refractivity contribution in [1.29, 1.82) is 0 Å². The predicted octanol–water partition coefficient (Wildman–Crippen LogP) is 4.43. The Morgan fingerprint density at radius 1 is 1.35 bits per heavy atom. The van der Waals surface area contributed by atoms with Crippen molar-refractivity contribution in [2.45, 2.75) is 17.6 Å². The second-order valence-electron chi connectivity index (χ2n) is 4.29. The summed E-state index contributed by atoms with van der Waals surface area (Å²) in [7, 11) is 0. The maximum absolute atomic E-state index is 11.0. The Morgan fingerprint density at radius 2 is 2.10 bits per heavy atom. The van der Waals surface area contributed by atoms with Crippen LogP contribution in [0.15, 0.2) is 41.3 Å². The van der Waals surface area contributed by atoms with Crippen LogP contribution in [-0.2, 0) is 5.75 Å². The molecule has 2 aromatic rings. The van der Waals surface area contributed by atoms with Crippen LogP contribution < -0.4 is 5.73 Å². The van der Waals surface area contributed by atoms with E-state index >= 15 is 0 Å². The summed E-state index contributed by atoms with van der Waals surface area (Å²) in [6.45, 7) is 1.93. The van der Waals surface area contributed by atoms with Gasteiger partial charge < -0.3 is 5.73 Å². The van der Waals surface area contributed by atoms with Crippen LogP contribution in [0.2, 0.25) is 5.02 Å². The fraction of sp³-hybridized carbons (Fsp3) is 0.143. The van der Waals surface area contributed by atoms with Crippen LogP contribution in [0.1, 0.15) is 11.1 Å². The molecule has 0 aliphatic heterocycles. The SMILES string of the molecule is Cc1c(N)cccc1SCc1cc(Cl)ccc1[N+](=O)[O-]. The second-order valence-corrected chi connectivity index (χ2v) is 5.74. The van der Waals surface area contributed by atoms with Crippen LogP contribution in [-0.4, -0.2) is 4.92 Å². The highest BCUT2D eigenvalue weighted by atomic mass is 35.5. The molecule has 0 aliphatic carbocycles. The first-order valence-electron chi connectivity index (χ1n) is 5.89. The fourth-order valence-electron chi connectivity index (χ4n) is 1.79. The number of thioether (sulfide) groups is 1. The van der Waals surface area contributed by atoms with E-state index in [1.165, 1.54) is 23.9 Å².